The Balaban J connectivity index is 1.74. The maximum atomic E-state index is 5.91. The first kappa shape index (κ1) is 11.1. The molecule has 0 N–H and O–H groups in total. The second-order valence-corrected chi connectivity index (χ2v) is 4.61. The monoisotopic (exact) mass is 236 g/mol. The van der Waals surface area contributed by atoms with Crippen LogP contribution in [0.4, 0.5) is 0 Å². The van der Waals surface area contributed by atoms with Crippen LogP contribution in [0.15, 0.2) is 60.2 Å². The Kier molecular flexibility index (Phi) is 3.14. The molecule has 0 unspecified atom stereocenters. The van der Waals surface area contributed by atoms with Crippen molar-refractivity contribution in [3.8, 4) is 5.75 Å². The quantitative estimate of drug-likeness (QED) is 0.762. The molecule has 0 atom stereocenters. The van der Waals surface area contributed by atoms with E-state index < -0.39 is 0 Å². The van der Waals surface area contributed by atoms with Crippen LogP contribution in [0, 0.1) is 0 Å². The molecule has 1 saturated carbocycles. The topological polar surface area (TPSA) is 9.23 Å². The van der Waals surface area contributed by atoms with E-state index in [0.29, 0.717) is 6.61 Å². The van der Waals surface area contributed by atoms with Crippen LogP contribution in [-0.4, -0.2) is 0 Å². The van der Waals surface area contributed by atoms with Crippen LogP contribution in [0.3, 0.4) is 0 Å². The lowest BCUT2D eigenvalue weighted by atomic mass is 10.2. The number of ether oxygens (including phenoxy) is 1. The number of hydrogen-bond acceptors (Lipinski definition) is 1. The lowest BCUT2D eigenvalue weighted by molar-refractivity contribution is 0.305. The molecule has 0 bridgehead atoms. The van der Waals surface area contributed by atoms with Crippen molar-refractivity contribution in [2.45, 2.75) is 19.4 Å². The van der Waals surface area contributed by atoms with Gasteiger partial charge in [0, 0.05) is 5.56 Å². The maximum Gasteiger partial charge on any atom is 0.127 e. The van der Waals surface area contributed by atoms with Gasteiger partial charge in [-0.25, -0.2) is 0 Å². The van der Waals surface area contributed by atoms with Gasteiger partial charge >= 0.3 is 0 Å². The van der Waals surface area contributed by atoms with Crippen molar-refractivity contribution in [3.63, 3.8) is 0 Å². The Morgan fingerprint density at radius 2 is 1.61 bits per heavy atom. The van der Waals surface area contributed by atoms with Crippen LogP contribution >= 0.6 is 0 Å². The lowest BCUT2D eigenvalue weighted by Crippen LogP contribution is -1.96. The Bertz CT molecular complexity index is 549. The van der Waals surface area contributed by atoms with Crippen LogP contribution in [0.5, 0.6) is 5.75 Å². The molecule has 1 nitrogen and oxygen atoms in total. The van der Waals surface area contributed by atoms with Crippen LogP contribution in [0.25, 0.3) is 6.08 Å². The molecule has 1 heteroatoms. The van der Waals surface area contributed by atoms with E-state index in [4.69, 9.17) is 4.74 Å². The van der Waals surface area contributed by atoms with E-state index >= 15 is 0 Å². The smallest absolute Gasteiger partial charge is 0.127 e. The number of benzene rings is 2. The summed E-state index contributed by atoms with van der Waals surface area (Å²) in [7, 11) is 0. The zero-order chi connectivity index (χ0) is 12.2. The van der Waals surface area contributed by atoms with E-state index in [1.807, 2.05) is 30.3 Å². The molecule has 0 saturated heterocycles. The summed E-state index contributed by atoms with van der Waals surface area (Å²) in [6.07, 6.45) is 4.74. The van der Waals surface area contributed by atoms with Gasteiger partial charge in [-0.3, -0.25) is 0 Å². The summed E-state index contributed by atoms with van der Waals surface area (Å²) < 4.78 is 5.91. The van der Waals surface area contributed by atoms with Gasteiger partial charge in [-0.2, -0.15) is 0 Å². The average Bonchev–Trinajstić information content (AvgIpc) is 3.23. The molecule has 1 aliphatic carbocycles. The molecule has 0 aromatic heterocycles. The van der Waals surface area contributed by atoms with Crippen molar-refractivity contribution in [3.05, 3.63) is 71.3 Å². The minimum absolute atomic E-state index is 0.626. The lowest BCUT2D eigenvalue weighted by Gasteiger charge is -2.09. The Morgan fingerprint density at radius 1 is 0.889 bits per heavy atom. The van der Waals surface area contributed by atoms with Crippen molar-refractivity contribution in [1.29, 1.82) is 0 Å². The van der Waals surface area contributed by atoms with E-state index in [-0.39, 0.29) is 0 Å². The molecule has 3 rings (SSSR count). The molecule has 0 spiro atoms. The van der Waals surface area contributed by atoms with Gasteiger partial charge in [-0.05, 0) is 24.5 Å². The second-order valence-electron chi connectivity index (χ2n) is 4.61. The van der Waals surface area contributed by atoms with Gasteiger partial charge < -0.3 is 4.74 Å². The van der Waals surface area contributed by atoms with Crippen LogP contribution in [-0.2, 0) is 6.61 Å². The molecule has 2 aromatic carbocycles. The third-order valence-electron chi connectivity index (χ3n) is 3.05. The number of rotatable bonds is 4. The fraction of sp³-hybridized carbons (Fsp3) is 0.176. The molecule has 1 fully saturated rings. The van der Waals surface area contributed by atoms with E-state index in [2.05, 4.69) is 30.3 Å². The standard InChI is InChI=1S/C17H16O/c1-2-6-15(7-3-1)13-18-17-9-5-4-8-16(17)12-14-10-11-14/h1-9,12H,10-11,13H2. The van der Waals surface area contributed by atoms with Gasteiger partial charge in [0.05, 0.1) is 0 Å². The van der Waals surface area contributed by atoms with Crippen molar-refractivity contribution in [2.75, 3.05) is 0 Å². The second kappa shape index (κ2) is 5.09. The zero-order valence-electron chi connectivity index (χ0n) is 10.3. The molecule has 18 heavy (non-hydrogen) atoms. The van der Waals surface area contributed by atoms with Gasteiger partial charge in [0.15, 0.2) is 0 Å². The third kappa shape index (κ3) is 2.80. The first-order chi connectivity index (χ1) is 8.92. The van der Waals surface area contributed by atoms with Gasteiger partial charge in [-0.15, -0.1) is 0 Å². The molecule has 0 heterocycles. The molecule has 0 radical (unpaired) electrons. The van der Waals surface area contributed by atoms with Gasteiger partial charge in [0.25, 0.3) is 0 Å². The fourth-order valence-electron chi connectivity index (χ4n) is 1.90. The summed E-state index contributed by atoms with van der Waals surface area (Å²) in [5, 5.41) is 0. The van der Waals surface area contributed by atoms with Crippen molar-refractivity contribution < 1.29 is 4.74 Å². The predicted molar refractivity (Wildman–Crippen MR) is 74.4 cm³/mol. The Labute approximate surface area is 108 Å². The number of para-hydroxylation sites is 1. The predicted octanol–water partition coefficient (Wildman–Crippen LogP) is 4.44. The van der Waals surface area contributed by atoms with Gasteiger partial charge in [0.2, 0.25) is 0 Å². The highest BCUT2D eigenvalue weighted by Gasteiger charge is 2.12. The summed E-state index contributed by atoms with van der Waals surface area (Å²) in [6.45, 7) is 0.626. The summed E-state index contributed by atoms with van der Waals surface area (Å²) in [5.41, 5.74) is 3.91. The number of allylic oxidation sites excluding steroid dienone is 1. The van der Waals surface area contributed by atoms with Crippen molar-refractivity contribution in [1.82, 2.24) is 0 Å². The summed E-state index contributed by atoms with van der Waals surface area (Å²) in [6, 6.07) is 18.5. The van der Waals surface area contributed by atoms with Gasteiger partial charge in [0.1, 0.15) is 12.4 Å². The van der Waals surface area contributed by atoms with E-state index in [0.717, 1.165) is 5.75 Å². The minimum Gasteiger partial charge on any atom is -0.488 e. The summed E-state index contributed by atoms with van der Waals surface area (Å²) >= 11 is 0. The zero-order valence-corrected chi connectivity index (χ0v) is 10.3. The molecule has 0 amide bonds. The summed E-state index contributed by atoms with van der Waals surface area (Å²) in [5.74, 6) is 0.973. The molecular weight excluding hydrogens is 220 g/mol. The SMILES string of the molecule is C(=C1CC1)c1ccccc1OCc1ccccc1. The third-order valence-corrected chi connectivity index (χ3v) is 3.05. The van der Waals surface area contributed by atoms with Crippen LogP contribution in [0.1, 0.15) is 24.0 Å². The Hall–Kier alpha value is -2.02. The molecular formula is C17H16O. The normalized spacial score (nSPS) is 13.2. The van der Waals surface area contributed by atoms with Crippen molar-refractivity contribution in [2.24, 2.45) is 0 Å². The van der Waals surface area contributed by atoms with Crippen LogP contribution in [0.2, 0.25) is 0 Å². The molecule has 1 aliphatic rings. The largest absolute Gasteiger partial charge is 0.488 e. The highest BCUT2D eigenvalue weighted by molar-refractivity contribution is 5.62. The molecule has 90 valence electrons. The first-order valence-electron chi connectivity index (χ1n) is 6.37. The first-order valence-corrected chi connectivity index (χ1v) is 6.37. The van der Waals surface area contributed by atoms with Crippen molar-refractivity contribution >= 4 is 6.08 Å². The van der Waals surface area contributed by atoms with E-state index in [1.54, 1.807) is 0 Å². The van der Waals surface area contributed by atoms with Gasteiger partial charge in [-0.1, -0.05) is 60.2 Å². The van der Waals surface area contributed by atoms with E-state index in [9.17, 15) is 0 Å². The highest BCUT2D eigenvalue weighted by Crippen LogP contribution is 2.32. The summed E-state index contributed by atoms with van der Waals surface area (Å²) in [4.78, 5) is 0. The van der Waals surface area contributed by atoms with E-state index in [1.165, 1.54) is 29.5 Å². The molecule has 2 aromatic rings. The maximum absolute atomic E-state index is 5.91. The highest BCUT2D eigenvalue weighted by atomic mass is 16.5. The minimum atomic E-state index is 0.626. The fourth-order valence-corrected chi connectivity index (χ4v) is 1.90. The average molecular weight is 236 g/mol. The Morgan fingerprint density at radius 3 is 2.39 bits per heavy atom. The van der Waals surface area contributed by atoms with Crippen LogP contribution < -0.4 is 4.74 Å². The molecule has 0 aliphatic heterocycles. The number of hydrogen-bond donors (Lipinski definition) is 0.